The normalized spacial score (nSPS) is 22.7. The zero-order chi connectivity index (χ0) is 15.6. The molecule has 0 bridgehead atoms. The first-order valence-corrected chi connectivity index (χ1v) is 6.96. The van der Waals surface area contributed by atoms with Gasteiger partial charge in [0.1, 0.15) is 6.61 Å². The summed E-state index contributed by atoms with van der Waals surface area (Å²) in [6, 6.07) is 1.17. The van der Waals surface area contributed by atoms with Crippen molar-refractivity contribution in [2.45, 2.75) is 32.9 Å². The van der Waals surface area contributed by atoms with Crippen LogP contribution in [0.15, 0.2) is 18.5 Å². The molecule has 6 heteroatoms. The highest BCUT2D eigenvalue weighted by molar-refractivity contribution is 5.83. The Morgan fingerprint density at radius 3 is 2.86 bits per heavy atom. The molecule has 1 saturated heterocycles. The minimum Gasteiger partial charge on any atom is -0.479 e. The number of nitrogens with zero attached hydrogens (tertiary/aromatic N) is 2. The minimum absolute atomic E-state index is 0.186. The van der Waals surface area contributed by atoms with Gasteiger partial charge in [0.2, 0.25) is 5.91 Å². The van der Waals surface area contributed by atoms with Crippen LogP contribution in [0.5, 0.6) is 0 Å². The van der Waals surface area contributed by atoms with E-state index in [1.807, 2.05) is 20.8 Å². The van der Waals surface area contributed by atoms with E-state index in [0.29, 0.717) is 6.54 Å². The average Bonchev–Trinajstić information content (AvgIpc) is 2.41. The average molecular weight is 292 g/mol. The van der Waals surface area contributed by atoms with Gasteiger partial charge >= 0.3 is 5.97 Å². The Morgan fingerprint density at radius 2 is 2.29 bits per heavy atom. The lowest BCUT2D eigenvalue weighted by Crippen LogP contribution is -2.53. The molecule has 0 aliphatic carbocycles. The van der Waals surface area contributed by atoms with Crippen LogP contribution in [0.25, 0.3) is 0 Å². The summed E-state index contributed by atoms with van der Waals surface area (Å²) in [5.41, 5.74) is 1.62. The zero-order valence-corrected chi connectivity index (χ0v) is 12.4. The molecule has 1 aromatic heterocycles. The Balaban J connectivity index is 2.46. The maximum Gasteiger partial charge on any atom is 0.335 e. The number of carbonyl (C=O) groups is 2. The van der Waals surface area contributed by atoms with Gasteiger partial charge in [0.25, 0.3) is 0 Å². The molecule has 2 heterocycles. The van der Waals surface area contributed by atoms with Gasteiger partial charge in [-0.1, -0.05) is 13.8 Å². The molecule has 1 amide bonds. The summed E-state index contributed by atoms with van der Waals surface area (Å²) in [4.78, 5) is 29.4. The predicted octanol–water partition coefficient (Wildman–Crippen LogP) is 1.40. The highest BCUT2D eigenvalue weighted by atomic mass is 16.5. The highest BCUT2D eigenvalue weighted by Crippen LogP contribution is 2.32. The number of ether oxygens (including phenoxy) is 1. The van der Waals surface area contributed by atoms with E-state index >= 15 is 0 Å². The number of carboxylic acids is 1. The Kier molecular flexibility index (Phi) is 4.57. The van der Waals surface area contributed by atoms with Gasteiger partial charge in [-0.3, -0.25) is 9.78 Å². The molecule has 1 N–H and O–H groups in total. The van der Waals surface area contributed by atoms with Gasteiger partial charge in [-0.2, -0.15) is 0 Å². The van der Waals surface area contributed by atoms with E-state index in [0.717, 1.165) is 11.1 Å². The van der Waals surface area contributed by atoms with Crippen LogP contribution >= 0.6 is 0 Å². The molecule has 0 saturated carbocycles. The van der Waals surface area contributed by atoms with E-state index in [4.69, 9.17) is 4.74 Å². The van der Waals surface area contributed by atoms with Crippen LogP contribution in [0.4, 0.5) is 0 Å². The lowest BCUT2D eigenvalue weighted by atomic mass is 9.95. The number of hydrogen-bond donors (Lipinski definition) is 1. The third-order valence-electron chi connectivity index (χ3n) is 3.53. The van der Waals surface area contributed by atoms with E-state index in [1.54, 1.807) is 23.4 Å². The van der Waals surface area contributed by atoms with E-state index in [9.17, 15) is 14.7 Å². The Morgan fingerprint density at radius 1 is 1.57 bits per heavy atom. The van der Waals surface area contributed by atoms with Crippen LogP contribution in [-0.4, -0.2) is 46.1 Å². The molecule has 1 aromatic rings. The fourth-order valence-corrected chi connectivity index (χ4v) is 2.59. The van der Waals surface area contributed by atoms with Crippen molar-refractivity contribution in [3.05, 3.63) is 29.6 Å². The SMILES string of the molecule is Cc1ccncc1C1C(C(=O)O)OCC(=O)N1CC(C)C. The summed E-state index contributed by atoms with van der Waals surface area (Å²) in [6.07, 6.45) is 2.20. The fourth-order valence-electron chi connectivity index (χ4n) is 2.59. The van der Waals surface area contributed by atoms with Crippen LogP contribution in [-0.2, 0) is 14.3 Å². The second-order valence-corrected chi connectivity index (χ2v) is 5.69. The van der Waals surface area contributed by atoms with Crippen LogP contribution < -0.4 is 0 Å². The quantitative estimate of drug-likeness (QED) is 0.907. The van der Waals surface area contributed by atoms with Crippen molar-refractivity contribution in [2.75, 3.05) is 13.2 Å². The third kappa shape index (κ3) is 3.21. The molecule has 0 aromatic carbocycles. The van der Waals surface area contributed by atoms with E-state index < -0.39 is 18.1 Å². The monoisotopic (exact) mass is 292 g/mol. The van der Waals surface area contributed by atoms with Gasteiger partial charge in [-0.15, -0.1) is 0 Å². The van der Waals surface area contributed by atoms with E-state index in [2.05, 4.69) is 4.98 Å². The Hall–Kier alpha value is -1.95. The first-order valence-electron chi connectivity index (χ1n) is 6.96. The second kappa shape index (κ2) is 6.22. The Bertz CT molecular complexity index is 544. The number of aryl methyl sites for hydroxylation is 1. The maximum atomic E-state index is 12.2. The minimum atomic E-state index is -1.07. The summed E-state index contributed by atoms with van der Waals surface area (Å²) >= 11 is 0. The number of aliphatic carboxylic acids is 1. The van der Waals surface area contributed by atoms with Crippen molar-refractivity contribution in [3.8, 4) is 0 Å². The standard InChI is InChI=1S/C15H20N2O4/c1-9(2)7-17-12(18)8-21-14(15(19)20)13(17)11-6-16-5-4-10(11)3/h4-6,9,13-14H,7-8H2,1-3H3,(H,19,20). The fraction of sp³-hybridized carbons (Fsp3) is 0.533. The Labute approximate surface area is 123 Å². The number of carbonyl (C=O) groups excluding carboxylic acids is 1. The van der Waals surface area contributed by atoms with Crippen molar-refractivity contribution < 1.29 is 19.4 Å². The summed E-state index contributed by atoms with van der Waals surface area (Å²) in [7, 11) is 0. The van der Waals surface area contributed by atoms with Gasteiger partial charge in [0.15, 0.2) is 6.10 Å². The van der Waals surface area contributed by atoms with Crippen molar-refractivity contribution >= 4 is 11.9 Å². The number of amides is 1. The molecule has 0 spiro atoms. The van der Waals surface area contributed by atoms with Crippen LogP contribution in [0, 0.1) is 12.8 Å². The second-order valence-electron chi connectivity index (χ2n) is 5.69. The smallest absolute Gasteiger partial charge is 0.335 e. The molecule has 2 rings (SSSR count). The summed E-state index contributed by atoms with van der Waals surface area (Å²) < 4.78 is 5.27. The third-order valence-corrected chi connectivity index (χ3v) is 3.53. The number of pyridine rings is 1. The predicted molar refractivity (Wildman–Crippen MR) is 75.6 cm³/mol. The molecule has 114 valence electrons. The largest absolute Gasteiger partial charge is 0.479 e. The number of rotatable bonds is 4. The first kappa shape index (κ1) is 15.4. The molecule has 0 radical (unpaired) electrons. The van der Waals surface area contributed by atoms with Gasteiger partial charge in [-0.05, 0) is 30.0 Å². The molecule has 1 aliphatic heterocycles. The molecular weight excluding hydrogens is 272 g/mol. The summed E-state index contributed by atoms with van der Waals surface area (Å²) in [5.74, 6) is -1.01. The van der Waals surface area contributed by atoms with Gasteiger partial charge in [0, 0.05) is 18.9 Å². The van der Waals surface area contributed by atoms with Crippen molar-refractivity contribution in [2.24, 2.45) is 5.92 Å². The van der Waals surface area contributed by atoms with Gasteiger partial charge in [-0.25, -0.2) is 4.79 Å². The number of carboxylic acid groups (broad SMARTS) is 1. The molecule has 1 fully saturated rings. The van der Waals surface area contributed by atoms with Gasteiger partial charge < -0.3 is 14.7 Å². The molecule has 1 aliphatic rings. The van der Waals surface area contributed by atoms with Crippen LogP contribution in [0.1, 0.15) is 31.0 Å². The van der Waals surface area contributed by atoms with Crippen molar-refractivity contribution in [1.82, 2.24) is 9.88 Å². The lowest BCUT2D eigenvalue weighted by molar-refractivity contribution is -0.173. The van der Waals surface area contributed by atoms with Crippen molar-refractivity contribution in [3.63, 3.8) is 0 Å². The van der Waals surface area contributed by atoms with Crippen LogP contribution in [0.2, 0.25) is 0 Å². The number of aromatic nitrogens is 1. The lowest BCUT2D eigenvalue weighted by Gasteiger charge is -2.40. The molecule has 21 heavy (non-hydrogen) atoms. The molecule has 6 nitrogen and oxygen atoms in total. The molecular formula is C15H20N2O4. The first-order chi connectivity index (χ1) is 9.91. The van der Waals surface area contributed by atoms with Crippen molar-refractivity contribution in [1.29, 1.82) is 0 Å². The zero-order valence-electron chi connectivity index (χ0n) is 12.4. The summed E-state index contributed by atoms with van der Waals surface area (Å²) in [5, 5.41) is 9.42. The van der Waals surface area contributed by atoms with Gasteiger partial charge in [0.05, 0.1) is 6.04 Å². The topological polar surface area (TPSA) is 79.7 Å². The van der Waals surface area contributed by atoms with E-state index in [-0.39, 0.29) is 18.4 Å². The molecule has 2 unspecified atom stereocenters. The highest BCUT2D eigenvalue weighted by Gasteiger charge is 2.42. The molecule has 2 atom stereocenters. The maximum absolute atomic E-state index is 12.2. The number of morpholine rings is 1. The van der Waals surface area contributed by atoms with Crippen LogP contribution in [0.3, 0.4) is 0 Å². The van der Waals surface area contributed by atoms with E-state index in [1.165, 1.54) is 0 Å². The number of hydrogen-bond acceptors (Lipinski definition) is 4. The summed E-state index contributed by atoms with van der Waals surface area (Å²) in [6.45, 7) is 6.16.